The fraction of sp³-hybridized carbons (Fsp3) is 0.100. The third kappa shape index (κ3) is 1.48. The third-order valence-electron chi connectivity index (χ3n) is 1.83. The smallest absolute Gasteiger partial charge is 0.214 e. The zero-order valence-electron chi connectivity index (χ0n) is 7.56. The molecule has 4 nitrogen and oxygen atoms in total. The first kappa shape index (κ1) is 8.45. The first-order valence-electron chi connectivity index (χ1n) is 4.08. The van der Waals surface area contributed by atoms with Gasteiger partial charge in [0.15, 0.2) is 0 Å². The summed E-state index contributed by atoms with van der Waals surface area (Å²) >= 11 is 0. The molecular formula is C10H7N3O. The second-order valence-electron chi connectivity index (χ2n) is 2.95. The van der Waals surface area contributed by atoms with Crippen molar-refractivity contribution >= 4 is 0 Å². The Hall–Kier alpha value is -2.15. The zero-order chi connectivity index (χ0) is 9.97. The van der Waals surface area contributed by atoms with Crippen LogP contribution in [0.25, 0.3) is 11.4 Å². The first-order valence-corrected chi connectivity index (χ1v) is 4.08. The lowest BCUT2D eigenvalue weighted by Gasteiger charge is -1.97. The van der Waals surface area contributed by atoms with Gasteiger partial charge in [-0.2, -0.15) is 10.2 Å². The van der Waals surface area contributed by atoms with Gasteiger partial charge in [-0.25, -0.2) is 0 Å². The second kappa shape index (κ2) is 3.30. The van der Waals surface area contributed by atoms with E-state index in [1.165, 1.54) is 6.39 Å². The highest BCUT2D eigenvalue weighted by Gasteiger charge is 2.04. The Morgan fingerprint density at radius 2 is 2.21 bits per heavy atom. The van der Waals surface area contributed by atoms with E-state index in [4.69, 9.17) is 5.26 Å². The van der Waals surface area contributed by atoms with Crippen molar-refractivity contribution in [1.82, 2.24) is 10.1 Å². The monoisotopic (exact) mass is 185 g/mol. The Kier molecular flexibility index (Phi) is 1.99. The largest absolute Gasteiger partial charge is 0.342 e. The van der Waals surface area contributed by atoms with Gasteiger partial charge >= 0.3 is 0 Å². The van der Waals surface area contributed by atoms with Crippen LogP contribution in [0.5, 0.6) is 0 Å². The Balaban J connectivity index is 2.55. The molecule has 0 aliphatic heterocycles. The number of aryl methyl sites for hydroxylation is 1. The number of nitriles is 1. The van der Waals surface area contributed by atoms with E-state index in [-0.39, 0.29) is 0 Å². The fourth-order valence-electron chi connectivity index (χ4n) is 1.27. The molecule has 0 amide bonds. The van der Waals surface area contributed by atoms with Crippen LogP contribution in [0.1, 0.15) is 11.1 Å². The quantitative estimate of drug-likeness (QED) is 0.680. The predicted molar refractivity (Wildman–Crippen MR) is 49.2 cm³/mol. The molecule has 2 aromatic rings. The highest BCUT2D eigenvalue weighted by atomic mass is 16.5. The van der Waals surface area contributed by atoms with Crippen molar-refractivity contribution in [3.8, 4) is 17.5 Å². The SMILES string of the molecule is Cc1cc(C#N)cc(-c2ncon2)c1. The molecule has 0 radical (unpaired) electrons. The van der Waals surface area contributed by atoms with Gasteiger partial charge in [-0.05, 0) is 30.7 Å². The van der Waals surface area contributed by atoms with Gasteiger partial charge in [0.1, 0.15) is 0 Å². The van der Waals surface area contributed by atoms with Crippen LogP contribution in [-0.2, 0) is 0 Å². The molecule has 0 N–H and O–H groups in total. The van der Waals surface area contributed by atoms with Crippen molar-refractivity contribution in [2.24, 2.45) is 0 Å². The lowest BCUT2D eigenvalue weighted by atomic mass is 10.1. The topological polar surface area (TPSA) is 62.7 Å². The summed E-state index contributed by atoms with van der Waals surface area (Å²) in [4.78, 5) is 3.92. The fourth-order valence-corrected chi connectivity index (χ4v) is 1.27. The number of hydrogen-bond acceptors (Lipinski definition) is 4. The molecule has 2 rings (SSSR count). The molecule has 0 aliphatic rings. The Morgan fingerprint density at radius 1 is 1.36 bits per heavy atom. The average molecular weight is 185 g/mol. The highest BCUT2D eigenvalue weighted by Crippen LogP contribution is 2.17. The van der Waals surface area contributed by atoms with Crippen molar-refractivity contribution in [1.29, 1.82) is 5.26 Å². The van der Waals surface area contributed by atoms with E-state index in [2.05, 4.69) is 20.7 Å². The molecule has 1 aromatic carbocycles. The van der Waals surface area contributed by atoms with E-state index >= 15 is 0 Å². The van der Waals surface area contributed by atoms with Gasteiger partial charge in [0.2, 0.25) is 12.2 Å². The van der Waals surface area contributed by atoms with E-state index in [1.807, 2.05) is 19.1 Å². The lowest BCUT2D eigenvalue weighted by molar-refractivity contribution is 0.419. The van der Waals surface area contributed by atoms with Crippen LogP contribution in [0.15, 0.2) is 29.1 Å². The highest BCUT2D eigenvalue weighted by molar-refractivity contribution is 5.58. The lowest BCUT2D eigenvalue weighted by Crippen LogP contribution is -1.84. The van der Waals surface area contributed by atoms with Crippen molar-refractivity contribution < 1.29 is 4.52 Å². The molecule has 0 fully saturated rings. The third-order valence-corrected chi connectivity index (χ3v) is 1.83. The Bertz CT molecular complexity index is 483. The van der Waals surface area contributed by atoms with E-state index in [0.717, 1.165) is 11.1 Å². The van der Waals surface area contributed by atoms with Crippen molar-refractivity contribution in [3.05, 3.63) is 35.7 Å². The van der Waals surface area contributed by atoms with E-state index < -0.39 is 0 Å². The molecule has 0 saturated heterocycles. The minimum atomic E-state index is 0.505. The molecule has 68 valence electrons. The summed E-state index contributed by atoms with van der Waals surface area (Å²) < 4.78 is 4.64. The molecule has 0 atom stereocenters. The van der Waals surface area contributed by atoms with E-state index in [1.54, 1.807) is 6.07 Å². The summed E-state index contributed by atoms with van der Waals surface area (Å²) in [5.41, 5.74) is 2.41. The summed E-state index contributed by atoms with van der Waals surface area (Å²) in [6, 6.07) is 7.54. The molecular weight excluding hydrogens is 178 g/mol. The number of aromatic nitrogens is 2. The van der Waals surface area contributed by atoms with Crippen molar-refractivity contribution in [3.63, 3.8) is 0 Å². The maximum absolute atomic E-state index is 8.77. The number of hydrogen-bond donors (Lipinski definition) is 0. The standard InChI is InChI=1S/C10H7N3O/c1-7-2-8(5-11)4-9(3-7)10-12-6-14-13-10/h2-4,6H,1H3. The number of benzene rings is 1. The number of nitrogens with zero attached hydrogens (tertiary/aromatic N) is 3. The molecule has 0 bridgehead atoms. The van der Waals surface area contributed by atoms with Crippen molar-refractivity contribution in [2.45, 2.75) is 6.92 Å². The van der Waals surface area contributed by atoms with Gasteiger partial charge in [-0.15, -0.1) is 0 Å². The molecule has 1 heterocycles. The minimum Gasteiger partial charge on any atom is -0.342 e. The number of rotatable bonds is 1. The molecule has 0 unspecified atom stereocenters. The molecule has 0 aliphatic carbocycles. The molecule has 4 heteroatoms. The van der Waals surface area contributed by atoms with Crippen LogP contribution < -0.4 is 0 Å². The summed E-state index contributed by atoms with van der Waals surface area (Å²) in [7, 11) is 0. The maximum atomic E-state index is 8.77. The van der Waals surface area contributed by atoms with Gasteiger partial charge in [-0.3, -0.25) is 0 Å². The minimum absolute atomic E-state index is 0.505. The van der Waals surface area contributed by atoms with Gasteiger partial charge in [0.05, 0.1) is 11.6 Å². The summed E-state index contributed by atoms with van der Waals surface area (Å²) in [6.07, 6.45) is 1.27. The van der Waals surface area contributed by atoms with Gasteiger partial charge < -0.3 is 4.52 Å². The molecule has 1 aromatic heterocycles. The zero-order valence-corrected chi connectivity index (χ0v) is 7.56. The van der Waals surface area contributed by atoms with Gasteiger partial charge in [-0.1, -0.05) is 5.16 Å². The van der Waals surface area contributed by atoms with Gasteiger partial charge in [0, 0.05) is 5.56 Å². The maximum Gasteiger partial charge on any atom is 0.214 e. The van der Waals surface area contributed by atoms with Crippen LogP contribution >= 0.6 is 0 Å². The average Bonchev–Trinajstić information content (AvgIpc) is 2.69. The Morgan fingerprint density at radius 3 is 2.86 bits per heavy atom. The molecule has 0 spiro atoms. The summed E-state index contributed by atoms with van der Waals surface area (Å²) in [6.45, 7) is 1.92. The first-order chi connectivity index (χ1) is 6.79. The van der Waals surface area contributed by atoms with Crippen LogP contribution in [0, 0.1) is 18.3 Å². The van der Waals surface area contributed by atoms with E-state index in [0.29, 0.717) is 11.4 Å². The van der Waals surface area contributed by atoms with E-state index in [9.17, 15) is 0 Å². The van der Waals surface area contributed by atoms with Crippen molar-refractivity contribution in [2.75, 3.05) is 0 Å². The normalized spacial score (nSPS) is 9.71. The van der Waals surface area contributed by atoms with Crippen LogP contribution in [0.4, 0.5) is 0 Å². The van der Waals surface area contributed by atoms with Crippen LogP contribution in [0.3, 0.4) is 0 Å². The van der Waals surface area contributed by atoms with Gasteiger partial charge in [0.25, 0.3) is 0 Å². The molecule has 0 saturated carbocycles. The predicted octanol–water partition coefficient (Wildman–Crippen LogP) is 1.92. The summed E-state index contributed by atoms with van der Waals surface area (Å²) in [5, 5.41) is 12.5. The molecule has 14 heavy (non-hydrogen) atoms. The van der Waals surface area contributed by atoms with Crippen LogP contribution in [-0.4, -0.2) is 10.1 Å². The summed E-state index contributed by atoms with van der Waals surface area (Å²) in [5.74, 6) is 0.505. The second-order valence-corrected chi connectivity index (χ2v) is 2.95. The van der Waals surface area contributed by atoms with Crippen LogP contribution in [0.2, 0.25) is 0 Å². The Labute approximate surface area is 80.8 Å².